The lowest BCUT2D eigenvalue weighted by molar-refractivity contribution is -0.115. The van der Waals surface area contributed by atoms with Crippen LogP contribution in [0.1, 0.15) is 53.8 Å². The number of nitrogens with zero attached hydrogens (tertiary/aromatic N) is 3. The molecule has 0 saturated carbocycles. The van der Waals surface area contributed by atoms with Gasteiger partial charge >= 0.3 is 0 Å². The number of pyridine rings is 1. The number of anilines is 1. The molecule has 1 aromatic carbocycles. The van der Waals surface area contributed by atoms with Crippen molar-refractivity contribution in [3.63, 3.8) is 0 Å². The molecule has 5 nitrogen and oxygen atoms in total. The summed E-state index contributed by atoms with van der Waals surface area (Å²) in [5.41, 5.74) is 4.98. The van der Waals surface area contributed by atoms with Crippen molar-refractivity contribution >= 4 is 34.1 Å². The molecule has 1 amide bonds. The molecular formula is C24H24N4OS2. The first-order valence-electron chi connectivity index (χ1n) is 10.4. The number of thiazole rings is 1. The Balaban J connectivity index is 1.52. The van der Waals surface area contributed by atoms with Crippen LogP contribution in [-0.4, -0.2) is 21.1 Å². The predicted octanol–water partition coefficient (Wildman–Crippen LogP) is 5.50. The monoisotopic (exact) mass is 448 g/mol. The molecule has 2 heterocycles. The van der Waals surface area contributed by atoms with Gasteiger partial charge < -0.3 is 5.32 Å². The van der Waals surface area contributed by atoms with E-state index in [2.05, 4.69) is 40.6 Å². The number of benzene rings is 1. The Kier molecular flexibility index (Phi) is 6.69. The van der Waals surface area contributed by atoms with Gasteiger partial charge in [0.1, 0.15) is 11.1 Å². The molecule has 0 fully saturated rings. The lowest BCUT2D eigenvalue weighted by Gasteiger charge is -2.25. The Morgan fingerprint density at radius 1 is 1.35 bits per heavy atom. The summed E-state index contributed by atoms with van der Waals surface area (Å²) in [5, 5.41) is 15.5. The zero-order valence-electron chi connectivity index (χ0n) is 17.6. The summed E-state index contributed by atoms with van der Waals surface area (Å²) in [6, 6.07) is 14.8. The van der Waals surface area contributed by atoms with E-state index in [4.69, 9.17) is 4.98 Å². The van der Waals surface area contributed by atoms with Crippen LogP contribution in [0, 0.1) is 18.3 Å². The average molecular weight is 449 g/mol. The van der Waals surface area contributed by atoms with E-state index in [0.29, 0.717) is 28.1 Å². The highest BCUT2D eigenvalue weighted by atomic mass is 32.2. The maximum absolute atomic E-state index is 12.8. The summed E-state index contributed by atoms with van der Waals surface area (Å²) >= 11 is 2.79. The van der Waals surface area contributed by atoms with Gasteiger partial charge in [-0.1, -0.05) is 49.0 Å². The summed E-state index contributed by atoms with van der Waals surface area (Å²) in [6.07, 6.45) is 3.46. The summed E-state index contributed by atoms with van der Waals surface area (Å²) in [7, 11) is 0. The summed E-state index contributed by atoms with van der Waals surface area (Å²) < 4.78 is 0. The minimum atomic E-state index is -0.331. The third-order valence-corrected chi connectivity index (χ3v) is 7.75. The first kappa shape index (κ1) is 21.5. The van der Waals surface area contributed by atoms with Crippen molar-refractivity contribution in [2.75, 3.05) is 5.32 Å². The number of nitriles is 1. The molecule has 3 aromatic rings. The van der Waals surface area contributed by atoms with Crippen molar-refractivity contribution in [2.24, 2.45) is 0 Å². The summed E-state index contributed by atoms with van der Waals surface area (Å²) in [4.78, 5) is 21.9. The number of hydrogen-bond donors (Lipinski definition) is 1. The quantitative estimate of drug-likeness (QED) is 0.504. The van der Waals surface area contributed by atoms with Crippen LogP contribution >= 0.6 is 23.1 Å². The molecule has 7 heteroatoms. The van der Waals surface area contributed by atoms with Gasteiger partial charge in [0, 0.05) is 11.1 Å². The maximum Gasteiger partial charge on any atom is 0.239 e. The van der Waals surface area contributed by atoms with Crippen LogP contribution in [0.4, 0.5) is 5.13 Å². The normalized spacial score (nSPS) is 16.2. The van der Waals surface area contributed by atoms with E-state index in [1.807, 2.05) is 31.4 Å². The number of aromatic nitrogens is 2. The predicted molar refractivity (Wildman–Crippen MR) is 126 cm³/mol. The first-order valence-corrected chi connectivity index (χ1v) is 12.2. The Labute approximate surface area is 190 Å². The molecule has 2 unspecified atom stereocenters. The van der Waals surface area contributed by atoms with Crippen LogP contribution in [0.25, 0.3) is 0 Å². The fraction of sp³-hybridized carbons (Fsp3) is 0.333. The molecule has 0 radical (unpaired) electrons. The number of thioether (sulfide) groups is 1. The van der Waals surface area contributed by atoms with E-state index in [-0.39, 0.29) is 11.2 Å². The van der Waals surface area contributed by atoms with E-state index in [1.165, 1.54) is 28.7 Å². The zero-order chi connectivity index (χ0) is 21.8. The Hall–Kier alpha value is -2.69. The Bertz CT molecular complexity index is 1120. The molecule has 0 spiro atoms. The van der Waals surface area contributed by atoms with Crippen LogP contribution in [0.5, 0.6) is 0 Å². The van der Waals surface area contributed by atoms with Gasteiger partial charge in [-0.3, -0.25) is 4.79 Å². The van der Waals surface area contributed by atoms with Crippen LogP contribution in [-0.2, 0) is 17.6 Å². The second-order valence-corrected chi connectivity index (χ2v) is 9.76. The third kappa shape index (κ3) is 4.97. The van der Waals surface area contributed by atoms with E-state index >= 15 is 0 Å². The van der Waals surface area contributed by atoms with Gasteiger partial charge in [0.25, 0.3) is 0 Å². The fourth-order valence-electron chi connectivity index (χ4n) is 3.88. The van der Waals surface area contributed by atoms with Gasteiger partial charge in [-0.25, -0.2) is 9.97 Å². The molecule has 158 valence electrons. The molecule has 0 aliphatic heterocycles. The van der Waals surface area contributed by atoms with Gasteiger partial charge in [0.2, 0.25) is 5.91 Å². The number of hydrogen-bond acceptors (Lipinski definition) is 6. The summed E-state index contributed by atoms with van der Waals surface area (Å²) in [6.45, 7) is 3.87. The van der Waals surface area contributed by atoms with Crippen molar-refractivity contribution in [3.05, 3.63) is 69.9 Å². The van der Waals surface area contributed by atoms with Crippen molar-refractivity contribution in [1.29, 1.82) is 5.26 Å². The van der Waals surface area contributed by atoms with Crippen LogP contribution in [0.3, 0.4) is 0 Å². The molecular weight excluding hydrogens is 424 g/mol. The lowest BCUT2D eigenvalue weighted by atomic mass is 9.82. The Morgan fingerprint density at radius 3 is 2.84 bits per heavy atom. The minimum Gasteiger partial charge on any atom is -0.301 e. The summed E-state index contributed by atoms with van der Waals surface area (Å²) in [5.74, 6) is 0.353. The first-order chi connectivity index (χ1) is 15.1. The number of fused-ring (bicyclic) bond motifs is 1. The fourth-order valence-corrected chi connectivity index (χ4v) is 5.57. The van der Waals surface area contributed by atoms with E-state index in [1.54, 1.807) is 0 Å². The number of carbonyl (C=O) groups excluding carboxylic acids is 1. The van der Waals surface area contributed by atoms with Gasteiger partial charge in [-0.15, -0.1) is 11.3 Å². The number of aryl methyl sites for hydroxylation is 2. The molecule has 0 bridgehead atoms. The highest BCUT2D eigenvalue weighted by Crippen LogP contribution is 2.36. The second kappa shape index (κ2) is 9.63. The van der Waals surface area contributed by atoms with Gasteiger partial charge in [-0.05, 0) is 55.7 Å². The topological polar surface area (TPSA) is 78.7 Å². The largest absolute Gasteiger partial charge is 0.301 e. The number of nitrogens with one attached hydrogen (secondary N) is 1. The van der Waals surface area contributed by atoms with E-state index in [0.717, 1.165) is 36.2 Å². The van der Waals surface area contributed by atoms with E-state index < -0.39 is 0 Å². The van der Waals surface area contributed by atoms with Crippen LogP contribution in [0.15, 0.2) is 46.8 Å². The SMILES string of the molecule is CCC(Sc1nc2c(cc1C#N)CC(c1ccccc1)CC2)C(=O)Nc1nc(C)cs1. The number of rotatable bonds is 6. The average Bonchev–Trinajstić information content (AvgIpc) is 3.21. The van der Waals surface area contributed by atoms with Gasteiger partial charge in [-0.2, -0.15) is 5.26 Å². The standard InChI is InChI=1S/C24H24N4OS2/c1-3-21(22(29)28-24-26-15(2)14-30-24)31-23-19(13-25)12-18-11-17(9-10-20(18)27-23)16-7-5-4-6-8-16/h4-8,12,14,17,21H,3,9-11H2,1-2H3,(H,26,28,29). The van der Waals surface area contributed by atoms with Crippen LogP contribution < -0.4 is 5.32 Å². The number of amides is 1. The van der Waals surface area contributed by atoms with Crippen LogP contribution in [0.2, 0.25) is 0 Å². The maximum atomic E-state index is 12.8. The zero-order valence-corrected chi connectivity index (χ0v) is 19.2. The molecule has 2 aromatic heterocycles. The lowest BCUT2D eigenvalue weighted by Crippen LogP contribution is -2.25. The minimum absolute atomic E-state index is 0.102. The van der Waals surface area contributed by atoms with Gasteiger partial charge in [0.15, 0.2) is 5.13 Å². The molecule has 1 aliphatic rings. The van der Waals surface area contributed by atoms with Crippen molar-refractivity contribution in [1.82, 2.24) is 9.97 Å². The Morgan fingerprint density at radius 2 is 2.16 bits per heavy atom. The molecule has 1 N–H and O–H groups in total. The molecule has 0 saturated heterocycles. The molecule has 1 aliphatic carbocycles. The highest BCUT2D eigenvalue weighted by Gasteiger charge is 2.26. The van der Waals surface area contributed by atoms with Crippen molar-refractivity contribution in [2.45, 2.75) is 55.7 Å². The van der Waals surface area contributed by atoms with E-state index in [9.17, 15) is 10.1 Å². The smallest absolute Gasteiger partial charge is 0.239 e. The third-order valence-electron chi connectivity index (χ3n) is 5.51. The molecule has 4 rings (SSSR count). The van der Waals surface area contributed by atoms with Crippen molar-refractivity contribution < 1.29 is 4.79 Å². The highest BCUT2D eigenvalue weighted by molar-refractivity contribution is 8.00. The van der Waals surface area contributed by atoms with Gasteiger partial charge in [0.05, 0.1) is 16.5 Å². The molecule has 31 heavy (non-hydrogen) atoms. The molecule has 2 atom stereocenters. The number of carbonyl (C=O) groups is 1. The second-order valence-electron chi connectivity index (χ2n) is 7.71. The van der Waals surface area contributed by atoms with Crippen molar-refractivity contribution in [3.8, 4) is 6.07 Å².